The zero-order valence-corrected chi connectivity index (χ0v) is 11.9. The summed E-state index contributed by atoms with van der Waals surface area (Å²) in [5.41, 5.74) is -0.0157. The standard InChI is InChI=1S/C15H22O4/c1-4-19-14(17)9-13(11(3)16)15(18)12-7-5-10(2)6-8-12/h9-10,12H,4-8H2,1-3H3/b13-9+. The largest absolute Gasteiger partial charge is 0.463 e. The van der Waals surface area contributed by atoms with E-state index in [-0.39, 0.29) is 29.7 Å². The Labute approximate surface area is 114 Å². The topological polar surface area (TPSA) is 60.4 Å². The Morgan fingerprint density at radius 2 is 1.74 bits per heavy atom. The van der Waals surface area contributed by atoms with Crippen molar-refractivity contribution in [3.63, 3.8) is 0 Å². The molecular formula is C15H22O4. The predicted molar refractivity (Wildman–Crippen MR) is 71.5 cm³/mol. The van der Waals surface area contributed by atoms with Crippen LogP contribution in [0.2, 0.25) is 0 Å². The van der Waals surface area contributed by atoms with Crippen molar-refractivity contribution in [1.82, 2.24) is 0 Å². The Bertz CT molecular complexity index is 387. The van der Waals surface area contributed by atoms with Crippen LogP contribution < -0.4 is 0 Å². The summed E-state index contributed by atoms with van der Waals surface area (Å²) in [4.78, 5) is 35.2. The SMILES string of the molecule is CCOC(=O)/C=C(\C(C)=O)C(=O)C1CCC(C)CC1. The Hall–Kier alpha value is -1.45. The van der Waals surface area contributed by atoms with Crippen molar-refractivity contribution in [2.75, 3.05) is 6.61 Å². The van der Waals surface area contributed by atoms with Gasteiger partial charge in [-0.3, -0.25) is 9.59 Å². The second-order valence-electron chi connectivity index (χ2n) is 5.19. The summed E-state index contributed by atoms with van der Waals surface area (Å²) in [7, 11) is 0. The third-order valence-electron chi connectivity index (χ3n) is 3.58. The van der Waals surface area contributed by atoms with E-state index in [1.54, 1.807) is 6.92 Å². The lowest BCUT2D eigenvalue weighted by atomic mass is 9.79. The van der Waals surface area contributed by atoms with E-state index < -0.39 is 5.97 Å². The molecule has 1 saturated carbocycles. The highest BCUT2D eigenvalue weighted by molar-refractivity contribution is 6.22. The number of rotatable bonds is 5. The van der Waals surface area contributed by atoms with Crippen molar-refractivity contribution < 1.29 is 19.1 Å². The van der Waals surface area contributed by atoms with E-state index in [0.717, 1.165) is 31.8 Å². The summed E-state index contributed by atoms with van der Waals surface area (Å²) in [5, 5.41) is 0. The van der Waals surface area contributed by atoms with Gasteiger partial charge in [0.1, 0.15) is 0 Å². The molecule has 0 unspecified atom stereocenters. The third-order valence-corrected chi connectivity index (χ3v) is 3.58. The molecule has 0 atom stereocenters. The first-order valence-corrected chi connectivity index (χ1v) is 6.89. The maximum Gasteiger partial charge on any atom is 0.331 e. The zero-order chi connectivity index (χ0) is 14.4. The van der Waals surface area contributed by atoms with Crippen LogP contribution in [0.3, 0.4) is 0 Å². The molecule has 106 valence electrons. The van der Waals surface area contributed by atoms with E-state index in [1.807, 2.05) is 0 Å². The van der Waals surface area contributed by atoms with Crippen molar-refractivity contribution in [2.45, 2.75) is 46.5 Å². The molecule has 0 heterocycles. The van der Waals surface area contributed by atoms with Crippen molar-refractivity contribution in [3.05, 3.63) is 11.6 Å². The molecule has 0 spiro atoms. The summed E-state index contributed by atoms with van der Waals surface area (Å²) in [5.74, 6) is -0.672. The van der Waals surface area contributed by atoms with Gasteiger partial charge in [0.15, 0.2) is 11.6 Å². The van der Waals surface area contributed by atoms with Crippen molar-refractivity contribution in [3.8, 4) is 0 Å². The second-order valence-corrected chi connectivity index (χ2v) is 5.19. The van der Waals surface area contributed by atoms with Gasteiger partial charge in [-0.05, 0) is 32.6 Å². The number of esters is 1. The molecule has 1 fully saturated rings. The minimum atomic E-state index is -0.620. The molecule has 0 aromatic carbocycles. The molecule has 4 heteroatoms. The van der Waals surface area contributed by atoms with Gasteiger partial charge < -0.3 is 4.74 Å². The van der Waals surface area contributed by atoms with Crippen LogP contribution in [0, 0.1) is 11.8 Å². The Kier molecular flexibility index (Phi) is 5.93. The molecule has 19 heavy (non-hydrogen) atoms. The van der Waals surface area contributed by atoms with Gasteiger partial charge in [0.2, 0.25) is 0 Å². The number of carbonyl (C=O) groups is 3. The van der Waals surface area contributed by atoms with Gasteiger partial charge >= 0.3 is 5.97 Å². The zero-order valence-electron chi connectivity index (χ0n) is 11.9. The summed E-state index contributed by atoms with van der Waals surface area (Å²) in [6, 6.07) is 0. The average molecular weight is 266 g/mol. The molecule has 0 aromatic rings. The molecule has 0 N–H and O–H groups in total. The molecule has 0 aliphatic heterocycles. The van der Waals surface area contributed by atoms with Gasteiger partial charge in [-0.15, -0.1) is 0 Å². The lowest BCUT2D eigenvalue weighted by molar-refractivity contribution is -0.138. The van der Waals surface area contributed by atoms with Crippen LogP contribution in [0.25, 0.3) is 0 Å². The number of carbonyl (C=O) groups excluding carboxylic acids is 3. The maximum atomic E-state index is 12.3. The maximum absolute atomic E-state index is 12.3. The molecule has 1 aliphatic carbocycles. The molecule has 1 aliphatic rings. The van der Waals surface area contributed by atoms with Gasteiger partial charge in [-0.25, -0.2) is 4.79 Å². The van der Waals surface area contributed by atoms with Gasteiger partial charge in [-0.1, -0.05) is 19.8 Å². The number of ketones is 2. The summed E-state index contributed by atoms with van der Waals surface area (Å²) in [6.07, 6.45) is 4.65. The monoisotopic (exact) mass is 266 g/mol. The summed E-state index contributed by atoms with van der Waals surface area (Å²) < 4.78 is 4.76. The normalized spacial score (nSPS) is 23.8. The fourth-order valence-electron chi connectivity index (χ4n) is 2.39. The fraction of sp³-hybridized carbons (Fsp3) is 0.667. The molecule has 4 nitrogen and oxygen atoms in total. The fourth-order valence-corrected chi connectivity index (χ4v) is 2.39. The first-order valence-electron chi connectivity index (χ1n) is 6.89. The van der Waals surface area contributed by atoms with Crippen LogP contribution in [-0.4, -0.2) is 24.1 Å². The molecule has 0 aromatic heterocycles. The average Bonchev–Trinajstić information content (AvgIpc) is 2.36. The quantitative estimate of drug-likeness (QED) is 0.332. The lowest BCUT2D eigenvalue weighted by Gasteiger charge is -2.25. The predicted octanol–water partition coefficient (Wildman–Crippen LogP) is 2.46. The van der Waals surface area contributed by atoms with Crippen LogP contribution in [0.5, 0.6) is 0 Å². The molecule has 0 saturated heterocycles. The van der Waals surface area contributed by atoms with E-state index in [4.69, 9.17) is 4.74 Å². The Morgan fingerprint density at radius 3 is 2.21 bits per heavy atom. The summed E-state index contributed by atoms with van der Waals surface area (Å²) >= 11 is 0. The van der Waals surface area contributed by atoms with Gasteiger partial charge in [0.25, 0.3) is 0 Å². The van der Waals surface area contributed by atoms with Crippen LogP contribution in [0.15, 0.2) is 11.6 Å². The van der Waals surface area contributed by atoms with Crippen molar-refractivity contribution in [2.24, 2.45) is 11.8 Å². The lowest BCUT2D eigenvalue weighted by Crippen LogP contribution is -2.25. The van der Waals surface area contributed by atoms with Crippen LogP contribution >= 0.6 is 0 Å². The van der Waals surface area contributed by atoms with Crippen molar-refractivity contribution >= 4 is 17.5 Å². The van der Waals surface area contributed by atoms with Crippen LogP contribution in [-0.2, 0) is 19.1 Å². The smallest absolute Gasteiger partial charge is 0.331 e. The molecule has 0 amide bonds. The van der Waals surface area contributed by atoms with Crippen LogP contribution in [0.4, 0.5) is 0 Å². The van der Waals surface area contributed by atoms with Gasteiger partial charge in [-0.2, -0.15) is 0 Å². The third kappa shape index (κ3) is 4.62. The number of allylic oxidation sites excluding steroid dienone is 1. The van der Waals surface area contributed by atoms with E-state index in [9.17, 15) is 14.4 Å². The highest BCUT2D eigenvalue weighted by Gasteiger charge is 2.28. The highest BCUT2D eigenvalue weighted by atomic mass is 16.5. The minimum Gasteiger partial charge on any atom is -0.463 e. The number of hydrogen-bond donors (Lipinski definition) is 0. The number of Topliss-reactive ketones (excluding diaryl/α,β-unsaturated/α-hetero) is 2. The second kappa shape index (κ2) is 7.22. The molecule has 0 bridgehead atoms. The molecule has 1 rings (SSSR count). The van der Waals surface area contributed by atoms with E-state index >= 15 is 0 Å². The van der Waals surface area contributed by atoms with E-state index in [0.29, 0.717) is 5.92 Å². The van der Waals surface area contributed by atoms with Gasteiger partial charge in [0, 0.05) is 12.0 Å². The highest BCUT2D eigenvalue weighted by Crippen LogP contribution is 2.30. The van der Waals surface area contributed by atoms with E-state index in [1.165, 1.54) is 6.92 Å². The Morgan fingerprint density at radius 1 is 1.16 bits per heavy atom. The molecule has 0 radical (unpaired) electrons. The van der Waals surface area contributed by atoms with Crippen LogP contribution in [0.1, 0.15) is 46.5 Å². The minimum absolute atomic E-state index is 0.0157. The number of hydrogen-bond acceptors (Lipinski definition) is 4. The summed E-state index contributed by atoms with van der Waals surface area (Å²) in [6.45, 7) is 5.40. The molecular weight excluding hydrogens is 244 g/mol. The Balaban J connectivity index is 2.79. The first-order chi connectivity index (χ1) is 8.95. The first kappa shape index (κ1) is 15.6. The van der Waals surface area contributed by atoms with E-state index in [2.05, 4.69) is 6.92 Å². The number of ether oxygens (including phenoxy) is 1. The van der Waals surface area contributed by atoms with Gasteiger partial charge in [0.05, 0.1) is 12.2 Å². The van der Waals surface area contributed by atoms with Crippen molar-refractivity contribution in [1.29, 1.82) is 0 Å².